The molecule has 0 spiro atoms. The first kappa shape index (κ1) is 16.4. The molecule has 3 rings (SSSR count). The number of carbonyl (C=O) groups is 1. The summed E-state index contributed by atoms with van der Waals surface area (Å²) >= 11 is 2.26. The van der Waals surface area contributed by atoms with Gasteiger partial charge in [-0.25, -0.2) is 4.39 Å². The Kier molecular flexibility index (Phi) is 5.30. The normalized spacial score (nSPS) is 19.4. The first-order valence-corrected chi connectivity index (χ1v) is 9.03. The summed E-state index contributed by atoms with van der Waals surface area (Å²) in [5.41, 5.74) is 1.52. The molecule has 0 heterocycles. The van der Waals surface area contributed by atoms with Gasteiger partial charge in [-0.3, -0.25) is 4.79 Å². The second-order valence-electron chi connectivity index (χ2n) is 5.94. The Balaban J connectivity index is 1.98. The molecule has 0 saturated heterocycles. The topological polar surface area (TPSA) is 29.1 Å². The van der Waals surface area contributed by atoms with Crippen LogP contribution in [-0.4, -0.2) is 5.78 Å². The van der Waals surface area contributed by atoms with E-state index in [1.807, 2.05) is 30.3 Å². The van der Waals surface area contributed by atoms with Crippen molar-refractivity contribution in [3.8, 4) is 0 Å². The van der Waals surface area contributed by atoms with Crippen molar-refractivity contribution in [2.24, 2.45) is 5.92 Å². The van der Waals surface area contributed by atoms with Crippen LogP contribution in [0.15, 0.2) is 48.5 Å². The van der Waals surface area contributed by atoms with Crippen LogP contribution < -0.4 is 5.32 Å². The minimum atomic E-state index is -0.320. The van der Waals surface area contributed by atoms with E-state index in [1.54, 1.807) is 12.1 Å². The summed E-state index contributed by atoms with van der Waals surface area (Å²) in [6.45, 7) is 0. The number of carbonyl (C=O) groups excluding carboxylic acids is 1. The van der Waals surface area contributed by atoms with Gasteiger partial charge in [-0.05, 0) is 53.6 Å². The summed E-state index contributed by atoms with van der Waals surface area (Å²) in [4.78, 5) is 12.4. The molecule has 2 atom stereocenters. The lowest BCUT2D eigenvalue weighted by Gasteiger charge is -2.31. The maximum Gasteiger partial charge on any atom is 0.138 e. The lowest BCUT2D eigenvalue weighted by atomic mass is 9.80. The number of hydrogen-bond acceptors (Lipinski definition) is 2. The van der Waals surface area contributed by atoms with E-state index in [0.29, 0.717) is 12.0 Å². The molecule has 2 aromatic rings. The molecule has 0 amide bonds. The maximum absolute atomic E-state index is 14.4. The highest BCUT2D eigenvalue weighted by Crippen LogP contribution is 2.36. The van der Waals surface area contributed by atoms with Crippen LogP contribution in [0.3, 0.4) is 0 Å². The molecule has 120 valence electrons. The summed E-state index contributed by atoms with van der Waals surface area (Å²) in [6.07, 6.45) is 3.38. The number of Topliss-reactive ketones (excluding diaryl/α,β-unsaturated/α-hetero) is 1. The molecule has 23 heavy (non-hydrogen) atoms. The molecule has 2 nitrogen and oxygen atoms in total. The van der Waals surface area contributed by atoms with Gasteiger partial charge in [0.05, 0.1) is 6.04 Å². The van der Waals surface area contributed by atoms with E-state index in [9.17, 15) is 9.18 Å². The van der Waals surface area contributed by atoms with Gasteiger partial charge in [0.2, 0.25) is 0 Å². The van der Waals surface area contributed by atoms with Crippen molar-refractivity contribution in [2.45, 2.75) is 31.7 Å². The van der Waals surface area contributed by atoms with E-state index in [0.717, 1.165) is 28.5 Å². The molecule has 1 aliphatic rings. The van der Waals surface area contributed by atoms with Gasteiger partial charge in [-0.15, -0.1) is 0 Å². The molecule has 1 fully saturated rings. The van der Waals surface area contributed by atoms with Gasteiger partial charge in [-0.2, -0.15) is 0 Å². The third-order valence-corrected chi connectivity index (χ3v) is 5.37. The summed E-state index contributed by atoms with van der Waals surface area (Å²) in [6, 6.07) is 14.3. The maximum atomic E-state index is 14.4. The zero-order valence-corrected chi connectivity index (χ0v) is 14.9. The number of nitrogens with one attached hydrogen (secondary N) is 1. The lowest BCUT2D eigenvalue weighted by molar-refractivity contribution is -0.125. The van der Waals surface area contributed by atoms with Crippen molar-refractivity contribution >= 4 is 34.1 Å². The Morgan fingerprint density at radius 3 is 2.57 bits per heavy atom. The summed E-state index contributed by atoms with van der Waals surface area (Å²) in [5.74, 6) is -0.186. The Hall–Kier alpha value is -1.43. The standard InChI is InChI=1S/C19H19FINO/c20-15-9-3-1-7-13(15)19(14-8-2-6-12-18(14)23)22-17-11-5-4-10-16(17)21/h1,3-5,7,9-11,14,19,22H,2,6,8,12H2/t14-,19+/m0/s1. The number of halogens is 2. The van der Waals surface area contributed by atoms with Gasteiger partial charge >= 0.3 is 0 Å². The van der Waals surface area contributed by atoms with E-state index < -0.39 is 0 Å². The number of para-hydroxylation sites is 1. The Bertz CT molecular complexity index is 703. The van der Waals surface area contributed by atoms with Crippen molar-refractivity contribution in [3.63, 3.8) is 0 Å². The van der Waals surface area contributed by atoms with Crippen LogP contribution in [0.25, 0.3) is 0 Å². The number of hydrogen-bond donors (Lipinski definition) is 1. The van der Waals surface area contributed by atoms with E-state index >= 15 is 0 Å². The number of anilines is 1. The smallest absolute Gasteiger partial charge is 0.138 e. The van der Waals surface area contributed by atoms with Crippen molar-refractivity contribution in [1.82, 2.24) is 0 Å². The van der Waals surface area contributed by atoms with Crippen LogP contribution in [0, 0.1) is 15.3 Å². The van der Waals surface area contributed by atoms with Crippen LogP contribution in [-0.2, 0) is 4.79 Å². The van der Waals surface area contributed by atoms with Gasteiger partial charge < -0.3 is 5.32 Å². The second kappa shape index (κ2) is 7.43. The monoisotopic (exact) mass is 423 g/mol. The summed E-state index contributed by atoms with van der Waals surface area (Å²) in [5, 5.41) is 3.44. The van der Waals surface area contributed by atoms with Gasteiger partial charge in [-0.1, -0.05) is 36.8 Å². The van der Waals surface area contributed by atoms with Crippen LogP contribution in [0.2, 0.25) is 0 Å². The van der Waals surface area contributed by atoms with E-state index in [2.05, 4.69) is 27.9 Å². The number of benzene rings is 2. The molecule has 4 heteroatoms. The van der Waals surface area contributed by atoms with Gasteiger partial charge in [0, 0.05) is 27.2 Å². The zero-order valence-electron chi connectivity index (χ0n) is 12.8. The first-order chi connectivity index (χ1) is 11.2. The van der Waals surface area contributed by atoms with Crippen LogP contribution >= 0.6 is 22.6 Å². The molecule has 0 unspecified atom stereocenters. The Labute approximate surface area is 149 Å². The second-order valence-corrected chi connectivity index (χ2v) is 7.10. The zero-order chi connectivity index (χ0) is 16.2. The highest BCUT2D eigenvalue weighted by molar-refractivity contribution is 14.1. The molecule has 1 N–H and O–H groups in total. The Morgan fingerprint density at radius 1 is 1.09 bits per heavy atom. The molecule has 1 saturated carbocycles. The van der Waals surface area contributed by atoms with Crippen molar-refractivity contribution < 1.29 is 9.18 Å². The van der Waals surface area contributed by atoms with E-state index in [4.69, 9.17) is 0 Å². The number of ketones is 1. The average molecular weight is 423 g/mol. The molecule has 0 aromatic heterocycles. The minimum absolute atomic E-state index is 0.170. The quantitative estimate of drug-likeness (QED) is 0.673. The minimum Gasteiger partial charge on any atom is -0.377 e. The third kappa shape index (κ3) is 3.74. The van der Waals surface area contributed by atoms with Crippen molar-refractivity contribution in [2.75, 3.05) is 5.32 Å². The summed E-state index contributed by atoms with van der Waals surface area (Å²) < 4.78 is 15.4. The predicted octanol–water partition coefficient (Wildman–Crippen LogP) is 5.34. The average Bonchev–Trinajstić information content (AvgIpc) is 2.56. The molecule has 1 aliphatic carbocycles. The lowest BCUT2D eigenvalue weighted by Crippen LogP contribution is -2.31. The highest BCUT2D eigenvalue weighted by Gasteiger charge is 2.33. The molecular weight excluding hydrogens is 404 g/mol. The highest BCUT2D eigenvalue weighted by atomic mass is 127. The fourth-order valence-electron chi connectivity index (χ4n) is 3.23. The predicted molar refractivity (Wildman–Crippen MR) is 98.9 cm³/mol. The van der Waals surface area contributed by atoms with Gasteiger partial charge in [0.1, 0.15) is 11.6 Å². The molecular formula is C19H19FINO. The van der Waals surface area contributed by atoms with Gasteiger partial charge in [0.15, 0.2) is 0 Å². The largest absolute Gasteiger partial charge is 0.377 e. The van der Waals surface area contributed by atoms with Crippen molar-refractivity contribution in [1.29, 1.82) is 0 Å². The van der Waals surface area contributed by atoms with Gasteiger partial charge in [0.25, 0.3) is 0 Å². The first-order valence-electron chi connectivity index (χ1n) is 7.95. The molecule has 0 radical (unpaired) electrons. The van der Waals surface area contributed by atoms with Crippen molar-refractivity contribution in [3.05, 3.63) is 63.5 Å². The molecule has 0 aliphatic heterocycles. The van der Waals surface area contributed by atoms with Crippen LogP contribution in [0.5, 0.6) is 0 Å². The number of rotatable bonds is 4. The molecule has 0 bridgehead atoms. The SMILES string of the molecule is O=C1CCCC[C@@H]1[C@H](Nc1ccccc1I)c1ccccc1F. The van der Waals surface area contributed by atoms with Crippen LogP contribution in [0.4, 0.5) is 10.1 Å². The Morgan fingerprint density at radius 2 is 1.83 bits per heavy atom. The third-order valence-electron chi connectivity index (χ3n) is 4.43. The van der Waals surface area contributed by atoms with E-state index in [1.165, 1.54) is 6.07 Å². The molecule has 2 aromatic carbocycles. The fraction of sp³-hybridized carbons (Fsp3) is 0.316. The fourth-order valence-corrected chi connectivity index (χ4v) is 3.77. The summed E-state index contributed by atoms with van der Waals surface area (Å²) in [7, 11) is 0. The van der Waals surface area contributed by atoms with Crippen LogP contribution in [0.1, 0.15) is 37.3 Å². The van der Waals surface area contributed by atoms with E-state index in [-0.39, 0.29) is 23.6 Å².